The zero-order chi connectivity index (χ0) is 20.7. The number of hydrogen-bond acceptors (Lipinski definition) is 5. The van der Waals surface area contributed by atoms with E-state index in [4.69, 9.17) is 4.74 Å². The summed E-state index contributed by atoms with van der Waals surface area (Å²) in [5, 5.41) is 6.31. The first kappa shape index (κ1) is 25.7. The lowest BCUT2D eigenvalue weighted by Gasteiger charge is -2.14. The number of methoxy groups -OCH3 is 1. The summed E-state index contributed by atoms with van der Waals surface area (Å²) in [6, 6.07) is 7.72. The van der Waals surface area contributed by atoms with Crippen LogP contribution in [0.4, 0.5) is 0 Å². The van der Waals surface area contributed by atoms with Crippen molar-refractivity contribution in [2.24, 2.45) is 4.99 Å². The van der Waals surface area contributed by atoms with Crippen molar-refractivity contribution in [2.45, 2.75) is 32.2 Å². The summed E-state index contributed by atoms with van der Waals surface area (Å²) < 4.78 is 32.8. The predicted molar refractivity (Wildman–Crippen MR) is 130 cm³/mol. The van der Waals surface area contributed by atoms with Gasteiger partial charge in [-0.05, 0) is 38.5 Å². The molecule has 7 nitrogen and oxygen atoms in total. The number of thiophene rings is 1. The number of nitrogens with zero attached hydrogens (tertiary/aromatic N) is 1. The zero-order valence-corrected chi connectivity index (χ0v) is 21.3. The summed E-state index contributed by atoms with van der Waals surface area (Å²) in [5.74, 6) is 1.40. The van der Waals surface area contributed by atoms with Crippen molar-refractivity contribution in [1.29, 1.82) is 0 Å². The minimum Gasteiger partial charge on any atom is -0.496 e. The Morgan fingerprint density at radius 2 is 1.86 bits per heavy atom. The van der Waals surface area contributed by atoms with Crippen LogP contribution >= 0.6 is 35.3 Å². The topological polar surface area (TPSA) is 91.8 Å². The maximum absolute atomic E-state index is 12.4. The number of hydrogen-bond donors (Lipinski definition) is 3. The Labute approximate surface area is 194 Å². The van der Waals surface area contributed by atoms with Gasteiger partial charge >= 0.3 is 0 Å². The molecular formula is C19H29IN4O3S2. The number of aliphatic imine (C=N–C) groups is 1. The Balaban J connectivity index is 0.00000420. The molecule has 2 aromatic rings. The molecular weight excluding hydrogens is 523 g/mol. The lowest BCUT2D eigenvalue weighted by atomic mass is 10.1. The second-order valence-electron chi connectivity index (χ2n) is 6.34. The van der Waals surface area contributed by atoms with E-state index in [1.165, 1.54) is 11.3 Å². The van der Waals surface area contributed by atoms with Crippen LogP contribution in [0.5, 0.6) is 5.75 Å². The number of nitrogens with one attached hydrogen (secondary N) is 3. The normalized spacial score (nSPS) is 11.7. The van der Waals surface area contributed by atoms with E-state index in [-0.39, 0.29) is 30.5 Å². The van der Waals surface area contributed by atoms with Gasteiger partial charge in [0, 0.05) is 42.0 Å². The number of rotatable bonds is 8. The predicted octanol–water partition coefficient (Wildman–Crippen LogP) is 2.94. The minimum absolute atomic E-state index is 0. The molecule has 0 fully saturated rings. The van der Waals surface area contributed by atoms with Crippen LogP contribution in [0.2, 0.25) is 0 Å². The van der Waals surface area contributed by atoms with Crippen LogP contribution in [-0.2, 0) is 16.6 Å². The fourth-order valence-electron chi connectivity index (χ4n) is 2.72. The molecule has 1 heterocycles. The average molecular weight is 553 g/mol. The van der Waals surface area contributed by atoms with Crippen LogP contribution in [0.15, 0.2) is 34.2 Å². The number of sulfonamides is 1. The van der Waals surface area contributed by atoms with E-state index in [1.54, 1.807) is 20.2 Å². The fraction of sp³-hybridized carbons (Fsp3) is 0.421. The largest absolute Gasteiger partial charge is 0.496 e. The van der Waals surface area contributed by atoms with Gasteiger partial charge in [-0.25, -0.2) is 13.1 Å². The SMILES string of the molecule is CN=C(NCCNS(=O)(=O)c1cc(C)sc1C)NCc1ccc(C)cc1OC.I. The van der Waals surface area contributed by atoms with Gasteiger partial charge < -0.3 is 15.4 Å². The molecule has 0 aliphatic rings. The van der Waals surface area contributed by atoms with E-state index >= 15 is 0 Å². The van der Waals surface area contributed by atoms with E-state index in [0.29, 0.717) is 23.9 Å². The van der Waals surface area contributed by atoms with Crippen LogP contribution in [0.1, 0.15) is 20.9 Å². The summed E-state index contributed by atoms with van der Waals surface area (Å²) in [6.45, 7) is 6.94. The third-order valence-corrected chi connectivity index (χ3v) is 6.79. The number of ether oxygens (including phenoxy) is 1. The molecule has 29 heavy (non-hydrogen) atoms. The van der Waals surface area contributed by atoms with Crippen molar-refractivity contribution >= 4 is 51.3 Å². The highest BCUT2D eigenvalue weighted by molar-refractivity contribution is 14.0. The highest BCUT2D eigenvalue weighted by Crippen LogP contribution is 2.24. The Hall–Kier alpha value is -1.37. The first-order chi connectivity index (χ1) is 13.3. The quantitative estimate of drug-likeness (QED) is 0.203. The van der Waals surface area contributed by atoms with E-state index in [0.717, 1.165) is 26.6 Å². The molecule has 0 spiro atoms. The number of halogens is 1. The van der Waals surface area contributed by atoms with Gasteiger partial charge in [-0.3, -0.25) is 4.99 Å². The van der Waals surface area contributed by atoms with Crippen LogP contribution in [-0.4, -0.2) is 41.6 Å². The van der Waals surface area contributed by atoms with E-state index in [2.05, 4.69) is 20.3 Å². The molecule has 0 radical (unpaired) electrons. The Morgan fingerprint density at radius 1 is 1.14 bits per heavy atom. The molecule has 0 saturated heterocycles. The van der Waals surface area contributed by atoms with E-state index in [1.807, 2.05) is 39.0 Å². The van der Waals surface area contributed by atoms with Crippen molar-refractivity contribution in [3.8, 4) is 5.75 Å². The van der Waals surface area contributed by atoms with E-state index < -0.39 is 10.0 Å². The van der Waals surface area contributed by atoms with Gasteiger partial charge in [0.1, 0.15) is 5.75 Å². The summed E-state index contributed by atoms with van der Waals surface area (Å²) in [7, 11) is -0.183. The molecule has 3 N–H and O–H groups in total. The smallest absolute Gasteiger partial charge is 0.241 e. The Bertz CT molecular complexity index is 943. The van der Waals surface area contributed by atoms with Gasteiger partial charge in [-0.15, -0.1) is 35.3 Å². The zero-order valence-electron chi connectivity index (χ0n) is 17.3. The lowest BCUT2D eigenvalue weighted by Crippen LogP contribution is -2.41. The summed E-state index contributed by atoms with van der Waals surface area (Å²) in [6.07, 6.45) is 0. The molecule has 0 saturated carbocycles. The van der Waals surface area contributed by atoms with Crippen molar-refractivity contribution in [1.82, 2.24) is 15.4 Å². The highest BCUT2D eigenvalue weighted by Gasteiger charge is 2.18. The molecule has 1 aromatic carbocycles. The van der Waals surface area contributed by atoms with Crippen LogP contribution in [0.3, 0.4) is 0 Å². The summed E-state index contributed by atoms with van der Waals surface area (Å²) >= 11 is 1.48. The van der Waals surface area contributed by atoms with Crippen molar-refractivity contribution in [3.63, 3.8) is 0 Å². The highest BCUT2D eigenvalue weighted by atomic mass is 127. The summed E-state index contributed by atoms with van der Waals surface area (Å²) in [5.41, 5.74) is 2.14. The van der Waals surface area contributed by atoms with Crippen molar-refractivity contribution in [2.75, 3.05) is 27.2 Å². The third-order valence-electron chi connectivity index (χ3n) is 4.11. The van der Waals surface area contributed by atoms with Crippen LogP contribution < -0.4 is 20.1 Å². The number of aryl methyl sites for hydroxylation is 3. The molecule has 0 aliphatic heterocycles. The van der Waals surface area contributed by atoms with Crippen molar-refractivity contribution in [3.05, 3.63) is 45.1 Å². The second-order valence-corrected chi connectivity index (χ2v) is 9.54. The Morgan fingerprint density at radius 3 is 2.45 bits per heavy atom. The molecule has 1 aromatic heterocycles. The van der Waals surface area contributed by atoms with E-state index in [9.17, 15) is 8.42 Å². The molecule has 10 heteroatoms. The van der Waals surface area contributed by atoms with Gasteiger partial charge in [-0.2, -0.15) is 0 Å². The number of benzene rings is 1. The standard InChI is InChI=1S/C19H28N4O3S2.HI/c1-13-6-7-16(17(10-13)26-5)12-22-19(20-4)21-8-9-23-28(24,25)18-11-14(2)27-15(18)3;/h6-7,10-11,23H,8-9,12H2,1-5H3,(H2,20,21,22);1H. The van der Waals surface area contributed by atoms with Crippen LogP contribution in [0.25, 0.3) is 0 Å². The maximum atomic E-state index is 12.4. The summed E-state index contributed by atoms with van der Waals surface area (Å²) in [4.78, 5) is 6.29. The molecule has 162 valence electrons. The minimum atomic E-state index is -3.50. The van der Waals surface area contributed by atoms with Gasteiger partial charge in [0.25, 0.3) is 0 Å². The van der Waals surface area contributed by atoms with Gasteiger partial charge in [0.05, 0.1) is 12.0 Å². The fourth-order valence-corrected chi connectivity index (χ4v) is 5.30. The van der Waals surface area contributed by atoms with Gasteiger partial charge in [0.2, 0.25) is 10.0 Å². The molecule has 0 aliphatic carbocycles. The monoisotopic (exact) mass is 552 g/mol. The second kappa shape index (κ2) is 11.7. The van der Waals surface area contributed by atoms with Gasteiger partial charge in [0.15, 0.2) is 5.96 Å². The number of guanidine groups is 1. The molecule has 0 bridgehead atoms. The van der Waals surface area contributed by atoms with Crippen molar-refractivity contribution < 1.29 is 13.2 Å². The Kier molecular flexibility index (Phi) is 10.4. The van der Waals surface area contributed by atoms with Gasteiger partial charge in [-0.1, -0.05) is 12.1 Å². The maximum Gasteiger partial charge on any atom is 0.241 e. The molecule has 0 atom stereocenters. The average Bonchev–Trinajstić information content (AvgIpc) is 3.01. The molecule has 0 amide bonds. The first-order valence-electron chi connectivity index (χ1n) is 8.91. The third kappa shape index (κ3) is 7.43. The lowest BCUT2D eigenvalue weighted by molar-refractivity contribution is 0.408. The van der Waals surface area contributed by atoms with Crippen LogP contribution in [0, 0.1) is 20.8 Å². The molecule has 2 rings (SSSR count). The first-order valence-corrected chi connectivity index (χ1v) is 11.2. The molecule has 0 unspecified atom stereocenters.